The first-order valence-corrected chi connectivity index (χ1v) is 11.2. The Balaban J connectivity index is 1.54. The lowest BCUT2D eigenvalue weighted by atomic mass is 10.1. The van der Waals surface area contributed by atoms with Crippen molar-refractivity contribution in [2.75, 3.05) is 11.1 Å². The Morgan fingerprint density at radius 1 is 1.07 bits per heavy atom. The number of amides is 2. The fourth-order valence-electron chi connectivity index (χ4n) is 2.91. The lowest BCUT2D eigenvalue weighted by Gasteiger charge is -2.10. The number of halogens is 1. The van der Waals surface area contributed by atoms with Gasteiger partial charge in [-0.2, -0.15) is 0 Å². The van der Waals surface area contributed by atoms with Crippen LogP contribution in [0, 0.1) is 10.5 Å². The zero-order chi connectivity index (χ0) is 20.5. The van der Waals surface area contributed by atoms with Crippen molar-refractivity contribution in [3.8, 4) is 10.4 Å². The van der Waals surface area contributed by atoms with Gasteiger partial charge < -0.3 is 16.4 Å². The van der Waals surface area contributed by atoms with Gasteiger partial charge in [0.1, 0.15) is 4.88 Å². The maximum Gasteiger partial charge on any atom is 0.267 e. The molecular weight excluding hydrogens is 497 g/mol. The maximum atomic E-state index is 12.9. The number of hydrogen-bond donors (Lipinski definition) is 3. The van der Waals surface area contributed by atoms with E-state index in [-0.39, 0.29) is 17.9 Å². The monoisotopic (exact) mass is 517 g/mol. The Bertz CT molecular complexity index is 1090. The SMILES string of the molecule is Cc1ccc(C(=O)NC2CC2)cc1NC(=O)c1sc(-c2ccc(I)cc2)cc1N. The zero-order valence-corrected chi connectivity index (χ0v) is 18.8. The number of aryl methyl sites for hydroxylation is 1. The molecule has 4 N–H and O–H groups in total. The molecule has 0 radical (unpaired) electrons. The third kappa shape index (κ3) is 4.62. The van der Waals surface area contributed by atoms with Crippen molar-refractivity contribution in [2.24, 2.45) is 0 Å². The van der Waals surface area contributed by atoms with E-state index in [1.807, 2.05) is 43.3 Å². The highest BCUT2D eigenvalue weighted by molar-refractivity contribution is 14.1. The van der Waals surface area contributed by atoms with Crippen LogP contribution >= 0.6 is 33.9 Å². The topological polar surface area (TPSA) is 84.2 Å². The molecule has 0 saturated heterocycles. The second-order valence-electron chi connectivity index (χ2n) is 7.13. The van der Waals surface area contributed by atoms with Gasteiger partial charge in [0.25, 0.3) is 11.8 Å². The number of nitrogens with two attached hydrogens (primary N) is 1. The molecule has 7 heteroatoms. The summed E-state index contributed by atoms with van der Waals surface area (Å²) >= 11 is 3.62. The molecule has 2 amide bonds. The predicted molar refractivity (Wildman–Crippen MR) is 127 cm³/mol. The summed E-state index contributed by atoms with van der Waals surface area (Å²) in [6.45, 7) is 1.90. The third-order valence-electron chi connectivity index (χ3n) is 4.76. The molecule has 1 fully saturated rings. The van der Waals surface area contributed by atoms with Gasteiger partial charge in [0.05, 0.1) is 5.69 Å². The molecule has 0 bridgehead atoms. The Hall–Kier alpha value is -2.39. The lowest BCUT2D eigenvalue weighted by molar-refractivity contribution is 0.0949. The molecule has 1 heterocycles. The third-order valence-corrected chi connectivity index (χ3v) is 6.67. The van der Waals surface area contributed by atoms with Crippen LogP contribution in [0.4, 0.5) is 11.4 Å². The average Bonchev–Trinajstić information content (AvgIpc) is 3.42. The summed E-state index contributed by atoms with van der Waals surface area (Å²) in [5.41, 5.74) is 9.63. The Morgan fingerprint density at radius 3 is 2.48 bits per heavy atom. The van der Waals surface area contributed by atoms with Gasteiger partial charge in [-0.15, -0.1) is 11.3 Å². The van der Waals surface area contributed by atoms with Crippen LogP contribution in [0.3, 0.4) is 0 Å². The van der Waals surface area contributed by atoms with E-state index >= 15 is 0 Å². The molecule has 0 atom stereocenters. The second kappa shape index (κ2) is 8.16. The van der Waals surface area contributed by atoms with E-state index in [9.17, 15) is 9.59 Å². The molecule has 1 aliphatic rings. The molecule has 1 aromatic heterocycles. The standard InChI is InChI=1S/C22H20IN3O2S/c1-12-2-3-14(21(27)25-16-8-9-16)10-18(12)26-22(28)20-17(24)11-19(29-20)13-4-6-15(23)7-5-13/h2-7,10-11,16H,8-9,24H2,1H3,(H,25,27)(H,26,28). The average molecular weight is 517 g/mol. The van der Waals surface area contributed by atoms with Crippen LogP contribution in [-0.4, -0.2) is 17.9 Å². The Kier molecular flexibility index (Phi) is 5.60. The van der Waals surface area contributed by atoms with Crippen LogP contribution < -0.4 is 16.4 Å². The smallest absolute Gasteiger partial charge is 0.267 e. The Labute approximate surface area is 186 Å². The van der Waals surface area contributed by atoms with Gasteiger partial charge in [0, 0.05) is 25.7 Å². The largest absolute Gasteiger partial charge is 0.397 e. The van der Waals surface area contributed by atoms with Crippen molar-refractivity contribution in [1.29, 1.82) is 0 Å². The van der Waals surface area contributed by atoms with E-state index in [2.05, 4.69) is 33.2 Å². The van der Waals surface area contributed by atoms with Crippen LogP contribution in [0.15, 0.2) is 48.5 Å². The highest BCUT2D eigenvalue weighted by Crippen LogP contribution is 2.34. The molecular formula is C22H20IN3O2S. The molecule has 148 valence electrons. The number of anilines is 2. The number of nitrogen functional groups attached to an aromatic ring is 1. The van der Waals surface area contributed by atoms with E-state index in [1.54, 1.807) is 12.1 Å². The fraction of sp³-hybridized carbons (Fsp3) is 0.182. The lowest BCUT2D eigenvalue weighted by Crippen LogP contribution is -2.25. The van der Waals surface area contributed by atoms with E-state index in [1.165, 1.54) is 11.3 Å². The molecule has 0 spiro atoms. The number of carbonyl (C=O) groups is 2. The van der Waals surface area contributed by atoms with Crippen molar-refractivity contribution in [1.82, 2.24) is 5.32 Å². The molecule has 5 nitrogen and oxygen atoms in total. The van der Waals surface area contributed by atoms with Gasteiger partial charge in [-0.1, -0.05) is 18.2 Å². The fourth-order valence-corrected chi connectivity index (χ4v) is 4.25. The van der Waals surface area contributed by atoms with E-state index < -0.39 is 0 Å². The molecule has 2 aromatic carbocycles. The van der Waals surface area contributed by atoms with Crippen LogP contribution in [0.2, 0.25) is 0 Å². The molecule has 4 rings (SSSR count). The van der Waals surface area contributed by atoms with Gasteiger partial charge in [-0.05, 0) is 83.8 Å². The second-order valence-corrected chi connectivity index (χ2v) is 9.43. The molecule has 1 aliphatic carbocycles. The first-order chi connectivity index (χ1) is 13.9. The zero-order valence-electron chi connectivity index (χ0n) is 15.8. The Morgan fingerprint density at radius 2 is 1.79 bits per heavy atom. The van der Waals surface area contributed by atoms with Gasteiger partial charge in [-0.25, -0.2) is 0 Å². The van der Waals surface area contributed by atoms with Crippen molar-refractivity contribution in [3.05, 3.63) is 68.1 Å². The summed E-state index contributed by atoms with van der Waals surface area (Å²) in [6.07, 6.45) is 2.06. The summed E-state index contributed by atoms with van der Waals surface area (Å²) in [5, 5.41) is 5.88. The summed E-state index contributed by atoms with van der Waals surface area (Å²) in [4.78, 5) is 26.6. The van der Waals surface area contributed by atoms with Crippen molar-refractivity contribution in [3.63, 3.8) is 0 Å². The maximum absolute atomic E-state index is 12.9. The molecule has 0 unspecified atom stereocenters. The van der Waals surface area contributed by atoms with Gasteiger partial charge in [0.2, 0.25) is 0 Å². The van der Waals surface area contributed by atoms with Gasteiger partial charge in [-0.3, -0.25) is 9.59 Å². The number of benzene rings is 2. The minimum Gasteiger partial charge on any atom is -0.397 e. The summed E-state index contributed by atoms with van der Waals surface area (Å²) in [6, 6.07) is 15.5. The summed E-state index contributed by atoms with van der Waals surface area (Å²) in [7, 11) is 0. The van der Waals surface area contributed by atoms with Crippen molar-refractivity contribution >= 4 is 57.1 Å². The minimum absolute atomic E-state index is 0.111. The van der Waals surface area contributed by atoms with Gasteiger partial charge in [0.15, 0.2) is 0 Å². The summed E-state index contributed by atoms with van der Waals surface area (Å²) in [5.74, 6) is -0.383. The van der Waals surface area contributed by atoms with E-state index in [0.717, 1.165) is 32.4 Å². The van der Waals surface area contributed by atoms with Crippen molar-refractivity contribution < 1.29 is 9.59 Å². The van der Waals surface area contributed by atoms with Gasteiger partial charge >= 0.3 is 0 Å². The number of nitrogens with one attached hydrogen (secondary N) is 2. The molecule has 29 heavy (non-hydrogen) atoms. The van der Waals surface area contributed by atoms with Crippen LogP contribution in [0.1, 0.15) is 38.4 Å². The van der Waals surface area contributed by atoms with E-state index in [4.69, 9.17) is 5.73 Å². The number of rotatable bonds is 5. The highest BCUT2D eigenvalue weighted by atomic mass is 127. The van der Waals surface area contributed by atoms with E-state index in [0.29, 0.717) is 21.8 Å². The minimum atomic E-state index is -0.271. The number of thiophene rings is 1. The van der Waals surface area contributed by atoms with Crippen LogP contribution in [-0.2, 0) is 0 Å². The highest BCUT2D eigenvalue weighted by Gasteiger charge is 2.24. The number of carbonyl (C=O) groups excluding carboxylic acids is 2. The molecule has 1 saturated carbocycles. The van der Waals surface area contributed by atoms with Crippen LogP contribution in [0.25, 0.3) is 10.4 Å². The number of hydrogen-bond acceptors (Lipinski definition) is 4. The molecule has 0 aliphatic heterocycles. The van der Waals surface area contributed by atoms with Crippen LogP contribution in [0.5, 0.6) is 0 Å². The van der Waals surface area contributed by atoms with Crippen molar-refractivity contribution in [2.45, 2.75) is 25.8 Å². The molecule has 3 aromatic rings. The first-order valence-electron chi connectivity index (χ1n) is 9.29. The predicted octanol–water partition coefficient (Wildman–Crippen LogP) is 5.05. The first kappa shape index (κ1) is 19.9. The quantitative estimate of drug-likeness (QED) is 0.414. The summed E-state index contributed by atoms with van der Waals surface area (Å²) < 4.78 is 1.15. The normalized spacial score (nSPS) is 13.2.